The highest BCUT2D eigenvalue weighted by atomic mass is 32.2. The van der Waals surface area contributed by atoms with Crippen LogP contribution in [-0.4, -0.2) is 19.2 Å². The Morgan fingerprint density at radius 3 is 2.95 bits per heavy atom. The molecule has 5 heteroatoms. The third-order valence-electron chi connectivity index (χ3n) is 4.16. The van der Waals surface area contributed by atoms with Crippen LogP contribution in [0.15, 0.2) is 18.2 Å². The van der Waals surface area contributed by atoms with Crippen molar-refractivity contribution in [2.45, 2.75) is 45.6 Å². The van der Waals surface area contributed by atoms with Crippen LogP contribution in [0.5, 0.6) is 0 Å². The largest absolute Gasteiger partial charge is 0.357 e. The molecule has 1 aliphatic carbocycles. The monoisotopic (exact) mass is 306 g/mol. The van der Waals surface area contributed by atoms with E-state index in [4.69, 9.17) is 0 Å². The number of benzene rings is 1. The van der Waals surface area contributed by atoms with Gasteiger partial charge in [-0.15, -0.1) is 0 Å². The number of aromatic nitrogens is 1. The molecule has 0 amide bonds. The highest BCUT2D eigenvalue weighted by Crippen LogP contribution is 2.35. The van der Waals surface area contributed by atoms with E-state index in [1.807, 2.05) is 6.92 Å². The average Bonchev–Trinajstić information content (AvgIpc) is 2.77. The number of aryl methyl sites for hydroxylation is 2. The average molecular weight is 306 g/mol. The Kier molecular flexibility index (Phi) is 3.80. The second kappa shape index (κ2) is 5.46. The van der Waals surface area contributed by atoms with Gasteiger partial charge in [0, 0.05) is 16.6 Å². The van der Waals surface area contributed by atoms with Gasteiger partial charge in [-0.25, -0.2) is 13.1 Å². The summed E-state index contributed by atoms with van der Waals surface area (Å²) in [4.78, 5) is 3.43. The molecule has 0 saturated carbocycles. The Morgan fingerprint density at radius 1 is 1.38 bits per heavy atom. The summed E-state index contributed by atoms with van der Waals surface area (Å²) < 4.78 is 27.0. The molecule has 0 aliphatic heterocycles. The maximum absolute atomic E-state index is 12.1. The lowest BCUT2D eigenvalue weighted by Gasteiger charge is -2.23. The molecule has 0 saturated heterocycles. The van der Waals surface area contributed by atoms with Gasteiger partial charge in [-0.2, -0.15) is 0 Å². The van der Waals surface area contributed by atoms with Gasteiger partial charge in [0.2, 0.25) is 10.0 Å². The van der Waals surface area contributed by atoms with Gasteiger partial charge < -0.3 is 4.98 Å². The minimum atomic E-state index is -3.19. The van der Waals surface area contributed by atoms with E-state index in [0.717, 1.165) is 30.5 Å². The van der Waals surface area contributed by atoms with Crippen molar-refractivity contribution in [2.24, 2.45) is 0 Å². The zero-order valence-electron chi connectivity index (χ0n) is 12.6. The third kappa shape index (κ3) is 2.85. The Bertz CT molecular complexity index is 762. The van der Waals surface area contributed by atoms with E-state index >= 15 is 0 Å². The van der Waals surface area contributed by atoms with Gasteiger partial charge in [-0.1, -0.05) is 18.6 Å². The first-order chi connectivity index (χ1) is 10.00. The van der Waals surface area contributed by atoms with Gasteiger partial charge in [0.15, 0.2) is 0 Å². The molecule has 4 nitrogen and oxygen atoms in total. The molecule has 3 rings (SSSR count). The first-order valence-corrected chi connectivity index (χ1v) is 9.26. The van der Waals surface area contributed by atoms with Crippen LogP contribution in [0.4, 0.5) is 0 Å². The van der Waals surface area contributed by atoms with E-state index in [2.05, 4.69) is 34.8 Å². The Hall–Kier alpha value is -1.33. The third-order valence-corrected chi connectivity index (χ3v) is 5.75. The van der Waals surface area contributed by atoms with Crippen LogP contribution >= 0.6 is 0 Å². The molecule has 2 aromatic rings. The maximum atomic E-state index is 12.1. The van der Waals surface area contributed by atoms with Crippen LogP contribution in [0.25, 0.3) is 10.9 Å². The fourth-order valence-electron chi connectivity index (χ4n) is 3.24. The number of rotatable bonds is 4. The molecule has 1 aromatic carbocycles. The molecule has 21 heavy (non-hydrogen) atoms. The zero-order valence-corrected chi connectivity index (χ0v) is 13.4. The van der Waals surface area contributed by atoms with Crippen LogP contribution in [0.1, 0.15) is 49.0 Å². The number of fused-ring (bicyclic) bond motifs is 3. The summed E-state index contributed by atoms with van der Waals surface area (Å²) in [6, 6.07) is 6.24. The fourth-order valence-corrected chi connectivity index (χ4v) is 4.56. The van der Waals surface area contributed by atoms with Crippen molar-refractivity contribution in [3.05, 3.63) is 35.0 Å². The Balaban J connectivity index is 2.00. The quantitative estimate of drug-likeness (QED) is 0.911. The summed E-state index contributed by atoms with van der Waals surface area (Å²) in [5.41, 5.74) is 4.68. The summed E-state index contributed by atoms with van der Waals surface area (Å²) in [6.45, 7) is 3.97. The molecule has 0 bridgehead atoms. The minimum Gasteiger partial charge on any atom is -0.357 e. The van der Waals surface area contributed by atoms with Crippen molar-refractivity contribution in [1.29, 1.82) is 0 Å². The predicted octanol–water partition coefficient (Wildman–Crippen LogP) is 3.18. The molecule has 0 fully saturated rings. The molecule has 114 valence electrons. The molecule has 0 radical (unpaired) electrons. The Morgan fingerprint density at radius 2 is 2.19 bits per heavy atom. The van der Waals surface area contributed by atoms with Crippen LogP contribution < -0.4 is 4.72 Å². The first-order valence-electron chi connectivity index (χ1n) is 7.61. The number of hydrogen-bond acceptors (Lipinski definition) is 2. The molecule has 1 unspecified atom stereocenters. The molecular formula is C16H22N2O2S. The number of nitrogens with one attached hydrogen (secondary N) is 2. The lowest BCUT2D eigenvalue weighted by atomic mass is 9.92. The summed E-state index contributed by atoms with van der Waals surface area (Å²) >= 11 is 0. The first kappa shape index (κ1) is 14.6. The topological polar surface area (TPSA) is 62.0 Å². The second-order valence-electron chi connectivity index (χ2n) is 5.95. The van der Waals surface area contributed by atoms with Crippen molar-refractivity contribution in [3.8, 4) is 0 Å². The van der Waals surface area contributed by atoms with Crippen molar-refractivity contribution < 1.29 is 8.42 Å². The molecule has 1 aliphatic rings. The molecule has 2 N–H and O–H groups in total. The highest BCUT2D eigenvalue weighted by Gasteiger charge is 2.27. The minimum absolute atomic E-state index is 0.113. The number of sulfonamides is 1. The number of aromatic amines is 1. The van der Waals surface area contributed by atoms with Gasteiger partial charge in [0.05, 0.1) is 11.8 Å². The Labute approximate surface area is 126 Å². The van der Waals surface area contributed by atoms with Gasteiger partial charge in [-0.3, -0.25) is 0 Å². The van der Waals surface area contributed by atoms with E-state index in [-0.39, 0.29) is 11.8 Å². The lowest BCUT2D eigenvalue weighted by molar-refractivity contribution is 0.501. The summed E-state index contributed by atoms with van der Waals surface area (Å²) in [6.07, 6.45) is 3.54. The van der Waals surface area contributed by atoms with Crippen molar-refractivity contribution >= 4 is 20.9 Å². The zero-order chi connectivity index (χ0) is 15.0. The van der Waals surface area contributed by atoms with Gasteiger partial charge in [0.1, 0.15) is 0 Å². The van der Waals surface area contributed by atoms with Crippen LogP contribution in [0, 0.1) is 6.92 Å². The predicted molar refractivity (Wildman–Crippen MR) is 85.9 cm³/mol. The molecular weight excluding hydrogens is 284 g/mol. The lowest BCUT2D eigenvalue weighted by Crippen LogP contribution is -2.32. The van der Waals surface area contributed by atoms with E-state index in [9.17, 15) is 8.42 Å². The van der Waals surface area contributed by atoms with Crippen molar-refractivity contribution in [2.75, 3.05) is 5.75 Å². The van der Waals surface area contributed by atoms with Crippen molar-refractivity contribution in [1.82, 2.24) is 9.71 Å². The van der Waals surface area contributed by atoms with E-state index in [1.54, 1.807) is 0 Å². The van der Waals surface area contributed by atoms with Gasteiger partial charge in [0.25, 0.3) is 0 Å². The van der Waals surface area contributed by atoms with E-state index < -0.39 is 10.0 Å². The normalized spacial score (nSPS) is 18.9. The summed E-state index contributed by atoms with van der Waals surface area (Å²) in [7, 11) is -3.19. The maximum Gasteiger partial charge on any atom is 0.212 e. The molecule has 1 heterocycles. The van der Waals surface area contributed by atoms with Crippen LogP contribution in [0.3, 0.4) is 0 Å². The SMILES string of the molecule is CCCS(=O)(=O)NC1CCCc2c1[nH]c1ccc(C)cc21. The summed E-state index contributed by atoms with van der Waals surface area (Å²) in [5, 5.41) is 1.24. The van der Waals surface area contributed by atoms with Gasteiger partial charge >= 0.3 is 0 Å². The molecule has 0 spiro atoms. The highest BCUT2D eigenvalue weighted by molar-refractivity contribution is 7.89. The van der Waals surface area contributed by atoms with Crippen molar-refractivity contribution in [3.63, 3.8) is 0 Å². The van der Waals surface area contributed by atoms with Crippen LogP contribution in [-0.2, 0) is 16.4 Å². The molecule has 1 aromatic heterocycles. The summed E-state index contributed by atoms with van der Waals surface area (Å²) in [5.74, 6) is 0.193. The number of H-pyrrole nitrogens is 1. The van der Waals surface area contributed by atoms with Crippen LogP contribution in [0.2, 0.25) is 0 Å². The number of hydrogen-bond donors (Lipinski definition) is 2. The van der Waals surface area contributed by atoms with Gasteiger partial charge in [-0.05, 0) is 50.3 Å². The standard InChI is InChI=1S/C16H22N2O2S/c1-3-9-21(19,20)18-15-6-4-5-12-13-10-11(2)7-8-14(13)17-16(12)15/h7-8,10,15,17-18H,3-6,9H2,1-2H3. The fraction of sp³-hybridized carbons (Fsp3) is 0.500. The smallest absolute Gasteiger partial charge is 0.212 e. The van der Waals surface area contributed by atoms with E-state index in [1.165, 1.54) is 16.5 Å². The second-order valence-corrected chi connectivity index (χ2v) is 7.82. The van der Waals surface area contributed by atoms with E-state index in [0.29, 0.717) is 6.42 Å². The molecule has 1 atom stereocenters.